The van der Waals surface area contributed by atoms with Gasteiger partial charge in [0.1, 0.15) is 11.5 Å². The lowest BCUT2D eigenvalue weighted by atomic mass is 9.94. The number of carbonyl (C=O) groups is 1. The number of ether oxygens (including phenoxy) is 2. The average Bonchev–Trinajstić information content (AvgIpc) is 2.54. The molecule has 0 bridgehead atoms. The molecule has 2 rings (SSSR count). The largest absolute Gasteiger partial charge is 0.497 e. The molecular formula is C17H25NO3. The molecular weight excluding hydrogens is 266 g/mol. The maximum Gasteiger partial charge on any atom is 0.263 e. The lowest BCUT2D eigenvalue weighted by Crippen LogP contribution is -2.44. The molecule has 0 aliphatic heterocycles. The molecule has 116 valence electrons. The molecule has 1 aliphatic carbocycles. The van der Waals surface area contributed by atoms with E-state index in [0.717, 1.165) is 18.6 Å². The van der Waals surface area contributed by atoms with Crippen molar-refractivity contribution in [1.29, 1.82) is 0 Å². The lowest BCUT2D eigenvalue weighted by Gasteiger charge is -2.32. The van der Waals surface area contributed by atoms with Gasteiger partial charge in [-0.3, -0.25) is 4.79 Å². The summed E-state index contributed by atoms with van der Waals surface area (Å²) in [6, 6.07) is 7.71. The van der Waals surface area contributed by atoms with E-state index in [1.165, 1.54) is 19.3 Å². The van der Waals surface area contributed by atoms with Gasteiger partial charge in [0.05, 0.1) is 7.11 Å². The van der Waals surface area contributed by atoms with Crippen LogP contribution in [-0.4, -0.2) is 37.1 Å². The predicted molar refractivity (Wildman–Crippen MR) is 82.7 cm³/mol. The number of carbonyl (C=O) groups excluding carboxylic acids is 1. The van der Waals surface area contributed by atoms with Crippen molar-refractivity contribution in [2.45, 2.75) is 51.2 Å². The minimum atomic E-state index is -0.482. The number of amides is 1. The summed E-state index contributed by atoms with van der Waals surface area (Å²) in [6.45, 7) is 1.81. The highest BCUT2D eigenvalue weighted by atomic mass is 16.5. The highest BCUT2D eigenvalue weighted by Crippen LogP contribution is 2.24. The van der Waals surface area contributed by atoms with Gasteiger partial charge in [0.2, 0.25) is 0 Å². The monoisotopic (exact) mass is 291 g/mol. The van der Waals surface area contributed by atoms with Crippen molar-refractivity contribution in [3.05, 3.63) is 24.3 Å². The third-order valence-electron chi connectivity index (χ3n) is 4.17. The second-order valence-corrected chi connectivity index (χ2v) is 5.68. The number of likely N-dealkylation sites (N-methyl/N-ethyl adjacent to an activating group) is 1. The van der Waals surface area contributed by atoms with Gasteiger partial charge in [-0.15, -0.1) is 0 Å². The van der Waals surface area contributed by atoms with Crippen molar-refractivity contribution in [1.82, 2.24) is 4.90 Å². The summed E-state index contributed by atoms with van der Waals surface area (Å²) >= 11 is 0. The Labute approximate surface area is 127 Å². The summed E-state index contributed by atoms with van der Waals surface area (Å²) in [4.78, 5) is 14.3. The van der Waals surface area contributed by atoms with Crippen LogP contribution in [0.15, 0.2) is 24.3 Å². The Bertz CT molecular complexity index is 469. The predicted octanol–water partition coefficient (Wildman–Crippen LogP) is 3.25. The molecule has 1 saturated carbocycles. The number of nitrogens with zero attached hydrogens (tertiary/aromatic N) is 1. The highest BCUT2D eigenvalue weighted by molar-refractivity contribution is 5.81. The molecule has 21 heavy (non-hydrogen) atoms. The topological polar surface area (TPSA) is 38.8 Å². The Morgan fingerprint density at radius 3 is 2.57 bits per heavy atom. The van der Waals surface area contributed by atoms with Crippen LogP contribution < -0.4 is 9.47 Å². The van der Waals surface area contributed by atoms with Crippen molar-refractivity contribution < 1.29 is 14.3 Å². The SMILES string of the molecule is COc1cccc(OC(C)C(=O)N(C)C2CCCCC2)c1. The van der Waals surface area contributed by atoms with E-state index < -0.39 is 6.10 Å². The molecule has 4 nitrogen and oxygen atoms in total. The van der Waals surface area contributed by atoms with Crippen LogP contribution in [0.4, 0.5) is 0 Å². The summed E-state index contributed by atoms with van der Waals surface area (Å²) in [5.41, 5.74) is 0. The molecule has 1 unspecified atom stereocenters. The molecule has 0 radical (unpaired) electrons. The van der Waals surface area contributed by atoms with Gasteiger partial charge in [0.25, 0.3) is 5.91 Å². The Balaban J connectivity index is 1.94. The fourth-order valence-electron chi connectivity index (χ4n) is 2.86. The number of methoxy groups -OCH3 is 1. The van der Waals surface area contributed by atoms with E-state index in [2.05, 4.69) is 0 Å². The van der Waals surface area contributed by atoms with Crippen LogP contribution in [0, 0.1) is 0 Å². The van der Waals surface area contributed by atoms with Crippen LogP contribution in [0.1, 0.15) is 39.0 Å². The summed E-state index contributed by atoms with van der Waals surface area (Å²) in [7, 11) is 3.51. The van der Waals surface area contributed by atoms with E-state index >= 15 is 0 Å². The number of benzene rings is 1. The molecule has 1 aromatic carbocycles. The van der Waals surface area contributed by atoms with Crippen molar-refractivity contribution in [2.75, 3.05) is 14.2 Å². The van der Waals surface area contributed by atoms with Crippen molar-refractivity contribution in [3.8, 4) is 11.5 Å². The van der Waals surface area contributed by atoms with Gasteiger partial charge in [-0.25, -0.2) is 0 Å². The first kappa shape index (κ1) is 15.7. The first-order valence-corrected chi connectivity index (χ1v) is 7.69. The summed E-state index contributed by atoms with van der Waals surface area (Å²) < 4.78 is 10.9. The second kappa shape index (κ2) is 7.34. The van der Waals surface area contributed by atoms with Crippen LogP contribution in [0.3, 0.4) is 0 Å². The Hall–Kier alpha value is -1.71. The van der Waals surface area contributed by atoms with Gasteiger partial charge in [-0.05, 0) is 31.9 Å². The molecule has 1 fully saturated rings. The van der Waals surface area contributed by atoms with Crippen LogP contribution in [0.5, 0.6) is 11.5 Å². The number of rotatable bonds is 5. The van der Waals surface area contributed by atoms with Crippen LogP contribution in [0.2, 0.25) is 0 Å². The standard InChI is InChI=1S/C17H25NO3/c1-13(21-16-11-7-10-15(12-16)20-3)17(19)18(2)14-8-5-4-6-9-14/h7,10-14H,4-6,8-9H2,1-3H3. The zero-order chi connectivity index (χ0) is 15.2. The first-order chi connectivity index (χ1) is 10.1. The maximum atomic E-state index is 12.5. The molecule has 0 heterocycles. The van der Waals surface area contributed by atoms with Crippen molar-refractivity contribution in [3.63, 3.8) is 0 Å². The fraction of sp³-hybridized carbons (Fsp3) is 0.588. The third-order valence-corrected chi connectivity index (χ3v) is 4.17. The molecule has 1 aromatic rings. The molecule has 1 aliphatic rings. The Morgan fingerprint density at radius 1 is 1.24 bits per heavy atom. The van der Waals surface area contributed by atoms with Gasteiger partial charge in [0.15, 0.2) is 6.10 Å². The van der Waals surface area contributed by atoms with Crippen LogP contribution in [0.25, 0.3) is 0 Å². The summed E-state index contributed by atoms with van der Waals surface area (Å²) in [6.07, 6.45) is 5.45. The molecule has 0 aromatic heterocycles. The molecule has 0 N–H and O–H groups in total. The van der Waals surface area contributed by atoms with Gasteiger partial charge < -0.3 is 14.4 Å². The van der Waals surface area contributed by atoms with Crippen molar-refractivity contribution in [2.24, 2.45) is 0 Å². The van der Waals surface area contributed by atoms with Gasteiger partial charge in [0, 0.05) is 19.2 Å². The number of hydrogen-bond acceptors (Lipinski definition) is 3. The Kier molecular flexibility index (Phi) is 5.48. The second-order valence-electron chi connectivity index (χ2n) is 5.68. The molecule has 4 heteroatoms. The smallest absolute Gasteiger partial charge is 0.263 e. The van der Waals surface area contributed by atoms with Crippen molar-refractivity contribution >= 4 is 5.91 Å². The van der Waals surface area contributed by atoms with E-state index in [4.69, 9.17) is 9.47 Å². The third kappa shape index (κ3) is 4.13. The van der Waals surface area contributed by atoms with Crippen LogP contribution >= 0.6 is 0 Å². The average molecular weight is 291 g/mol. The summed E-state index contributed by atoms with van der Waals surface area (Å²) in [5, 5.41) is 0. The molecule has 1 amide bonds. The van der Waals surface area contributed by atoms with Crippen LogP contribution in [-0.2, 0) is 4.79 Å². The quantitative estimate of drug-likeness (QED) is 0.836. The van der Waals surface area contributed by atoms with E-state index in [0.29, 0.717) is 11.8 Å². The molecule has 0 spiro atoms. The zero-order valence-corrected chi connectivity index (χ0v) is 13.2. The Morgan fingerprint density at radius 2 is 1.90 bits per heavy atom. The van der Waals surface area contributed by atoms with Gasteiger partial charge in [-0.1, -0.05) is 25.3 Å². The van der Waals surface area contributed by atoms with E-state index in [1.807, 2.05) is 30.1 Å². The highest BCUT2D eigenvalue weighted by Gasteiger charge is 2.26. The minimum Gasteiger partial charge on any atom is -0.497 e. The van der Waals surface area contributed by atoms with Gasteiger partial charge >= 0.3 is 0 Å². The minimum absolute atomic E-state index is 0.0460. The zero-order valence-electron chi connectivity index (χ0n) is 13.2. The van der Waals surface area contributed by atoms with E-state index in [-0.39, 0.29) is 5.91 Å². The summed E-state index contributed by atoms with van der Waals surface area (Å²) in [5.74, 6) is 1.43. The normalized spacial score (nSPS) is 17.1. The van der Waals surface area contributed by atoms with E-state index in [9.17, 15) is 4.79 Å². The molecule has 0 saturated heterocycles. The maximum absolute atomic E-state index is 12.5. The fourth-order valence-corrected chi connectivity index (χ4v) is 2.86. The molecule has 1 atom stereocenters. The first-order valence-electron chi connectivity index (χ1n) is 7.69. The number of hydrogen-bond donors (Lipinski definition) is 0. The lowest BCUT2D eigenvalue weighted by molar-refractivity contribution is -0.139. The van der Waals surface area contributed by atoms with Gasteiger partial charge in [-0.2, -0.15) is 0 Å². The van der Waals surface area contributed by atoms with E-state index in [1.54, 1.807) is 20.1 Å².